The number of rotatable bonds is 5. The van der Waals surface area contributed by atoms with Crippen molar-refractivity contribution in [2.45, 2.75) is 39.8 Å². The molecule has 1 unspecified atom stereocenters. The summed E-state index contributed by atoms with van der Waals surface area (Å²) in [6, 6.07) is 7.59. The molecule has 0 fully saturated rings. The van der Waals surface area contributed by atoms with Gasteiger partial charge in [0, 0.05) is 11.1 Å². The molecule has 0 aliphatic rings. The first-order chi connectivity index (χ1) is 10.4. The molecule has 0 aliphatic heterocycles. The van der Waals surface area contributed by atoms with Crippen LogP contribution in [0.1, 0.15) is 41.9 Å². The minimum absolute atomic E-state index is 0.0925. The van der Waals surface area contributed by atoms with Crippen LogP contribution in [-0.4, -0.2) is 21.7 Å². The third-order valence-corrected chi connectivity index (χ3v) is 4.31. The van der Waals surface area contributed by atoms with E-state index in [9.17, 15) is 4.79 Å². The van der Waals surface area contributed by atoms with Gasteiger partial charge in [-0.1, -0.05) is 48.3 Å². The average molecular weight is 340 g/mol. The number of amides is 1. The van der Waals surface area contributed by atoms with Crippen molar-refractivity contribution in [2.24, 2.45) is 0 Å². The van der Waals surface area contributed by atoms with Gasteiger partial charge in [0.1, 0.15) is 5.15 Å². The lowest BCUT2D eigenvalue weighted by molar-refractivity contribution is 0.0939. The van der Waals surface area contributed by atoms with Crippen LogP contribution in [0.15, 0.2) is 24.3 Å². The minimum atomic E-state index is -0.192. The number of halogens is 2. The maximum atomic E-state index is 12.3. The molecule has 1 amide bonds. The quantitative estimate of drug-likeness (QED) is 0.892. The van der Waals surface area contributed by atoms with E-state index in [1.807, 2.05) is 38.1 Å². The van der Waals surface area contributed by atoms with Crippen LogP contribution in [0, 0.1) is 6.92 Å². The second kappa shape index (κ2) is 7.16. The summed E-state index contributed by atoms with van der Waals surface area (Å²) >= 11 is 12.5. The maximum absolute atomic E-state index is 12.3. The molecule has 2 rings (SSSR count). The van der Waals surface area contributed by atoms with Crippen molar-refractivity contribution in [3.05, 3.63) is 51.3 Å². The molecule has 0 bridgehead atoms. The van der Waals surface area contributed by atoms with Crippen molar-refractivity contribution >= 4 is 29.1 Å². The largest absolute Gasteiger partial charge is 0.349 e. The van der Waals surface area contributed by atoms with Gasteiger partial charge in [0.2, 0.25) is 0 Å². The Bertz CT molecular complexity index is 682. The minimum Gasteiger partial charge on any atom is -0.349 e. The fourth-order valence-electron chi connectivity index (χ4n) is 2.10. The van der Waals surface area contributed by atoms with Gasteiger partial charge in [-0.25, -0.2) is 4.68 Å². The zero-order valence-electron chi connectivity index (χ0n) is 12.9. The third-order valence-electron chi connectivity index (χ3n) is 3.56. The zero-order valence-corrected chi connectivity index (χ0v) is 14.4. The molecule has 0 saturated carbocycles. The van der Waals surface area contributed by atoms with Gasteiger partial charge in [-0.05, 0) is 31.9 Å². The summed E-state index contributed by atoms with van der Waals surface area (Å²) in [6.07, 6.45) is 0.857. The fraction of sp³-hybridized carbons (Fsp3) is 0.375. The highest BCUT2D eigenvalue weighted by molar-refractivity contribution is 6.33. The first-order valence-corrected chi connectivity index (χ1v) is 7.96. The van der Waals surface area contributed by atoms with E-state index in [1.54, 1.807) is 11.6 Å². The number of nitrogens with one attached hydrogen (secondary N) is 1. The van der Waals surface area contributed by atoms with Gasteiger partial charge in [0.25, 0.3) is 5.91 Å². The molecule has 6 heteroatoms. The molecule has 0 radical (unpaired) electrons. The molecule has 1 atom stereocenters. The van der Waals surface area contributed by atoms with E-state index in [2.05, 4.69) is 10.4 Å². The molecular formula is C16H19Cl2N3O. The molecule has 1 aromatic carbocycles. The van der Waals surface area contributed by atoms with Gasteiger partial charge in [-0.2, -0.15) is 5.10 Å². The van der Waals surface area contributed by atoms with Crippen molar-refractivity contribution in [1.82, 2.24) is 15.1 Å². The smallest absolute Gasteiger partial charge is 0.256 e. The zero-order chi connectivity index (χ0) is 16.3. The monoisotopic (exact) mass is 339 g/mol. The van der Waals surface area contributed by atoms with Crippen LogP contribution in [0.25, 0.3) is 0 Å². The molecule has 0 aliphatic carbocycles. The topological polar surface area (TPSA) is 46.9 Å². The number of carbonyl (C=O) groups is 1. The molecule has 4 nitrogen and oxygen atoms in total. The SMILES string of the molecule is CCC(C)NC(=O)c1c(C)nn(Cc2ccccc2Cl)c1Cl. The number of carbonyl (C=O) groups excluding carboxylic acids is 1. The van der Waals surface area contributed by atoms with Crippen LogP contribution in [0.5, 0.6) is 0 Å². The van der Waals surface area contributed by atoms with E-state index in [0.29, 0.717) is 28.0 Å². The Morgan fingerprint density at radius 1 is 1.36 bits per heavy atom. The second-order valence-corrected chi connectivity index (χ2v) is 6.05. The summed E-state index contributed by atoms with van der Waals surface area (Å²) in [5, 5.41) is 8.26. The van der Waals surface area contributed by atoms with Gasteiger partial charge in [0.05, 0.1) is 17.8 Å². The van der Waals surface area contributed by atoms with E-state index >= 15 is 0 Å². The Morgan fingerprint density at radius 3 is 2.68 bits per heavy atom. The van der Waals surface area contributed by atoms with E-state index in [-0.39, 0.29) is 11.9 Å². The Morgan fingerprint density at radius 2 is 2.05 bits per heavy atom. The van der Waals surface area contributed by atoms with E-state index in [1.165, 1.54) is 0 Å². The predicted octanol–water partition coefficient (Wildman–Crippen LogP) is 4.07. The number of aryl methyl sites for hydroxylation is 1. The van der Waals surface area contributed by atoms with Gasteiger partial charge in [-0.15, -0.1) is 0 Å². The first kappa shape index (κ1) is 16.8. The van der Waals surface area contributed by atoms with Crippen molar-refractivity contribution in [3.63, 3.8) is 0 Å². The molecule has 0 saturated heterocycles. The Kier molecular flexibility index (Phi) is 5.48. The summed E-state index contributed by atoms with van der Waals surface area (Å²) in [7, 11) is 0. The number of hydrogen-bond donors (Lipinski definition) is 1. The van der Waals surface area contributed by atoms with Crippen LogP contribution in [0.4, 0.5) is 0 Å². The molecule has 118 valence electrons. The summed E-state index contributed by atoms with van der Waals surface area (Å²) < 4.78 is 1.60. The van der Waals surface area contributed by atoms with Crippen molar-refractivity contribution in [2.75, 3.05) is 0 Å². The summed E-state index contributed by atoms with van der Waals surface area (Å²) in [4.78, 5) is 12.3. The van der Waals surface area contributed by atoms with Crippen molar-refractivity contribution in [1.29, 1.82) is 0 Å². The number of aromatic nitrogens is 2. The lowest BCUT2D eigenvalue weighted by Crippen LogP contribution is -2.32. The predicted molar refractivity (Wildman–Crippen MR) is 89.7 cm³/mol. The van der Waals surface area contributed by atoms with E-state index in [0.717, 1.165) is 12.0 Å². The standard InChI is InChI=1S/C16H19Cl2N3O/c1-4-10(2)19-16(22)14-11(3)20-21(15(14)18)9-12-7-5-6-8-13(12)17/h5-8,10H,4,9H2,1-3H3,(H,19,22). The second-order valence-electron chi connectivity index (χ2n) is 5.28. The van der Waals surface area contributed by atoms with Crippen LogP contribution < -0.4 is 5.32 Å². The highest BCUT2D eigenvalue weighted by Crippen LogP contribution is 2.23. The molecule has 1 N–H and O–H groups in total. The first-order valence-electron chi connectivity index (χ1n) is 7.21. The Hall–Kier alpha value is -1.52. The molecule has 1 heterocycles. The lowest BCUT2D eigenvalue weighted by Gasteiger charge is -2.11. The van der Waals surface area contributed by atoms with Crippen LogP contribution in [0.3, 0.4) is 0 Å². The molecule has 0 spiro atoms. The summed E-state index contributed by atoms with van der Waals surface area (Å²) in [5.41, 5.74) is 1.94. The van der Waals surface area contributed by atoms with Gasteiger partial charge < -0.3 is 5.32 Å². The highest BCUT2D eigenvalue weighted by Gasteiger charge is 2.21. The van der Waals surface area contributed by atoms with Crippen LogP contribution >= 0.6 is 23.2 Å². The van der Waals surface area contributed by atoms with Gasteiger partial charge in [0.15, 0.2) is 0 Å². The Labute approximate surface area is 140 Å². The van der Waals surface area contributed by atoms with Crippen LogP contribution in [0.2, 0.25) is 10.2 Å². The summed E-state index contributed by atoms with van der Waals surface area (Å²) in [5.74, 6) is -0.192. The molecular weight excluding hydrogens is 321 g/mol. The van der Waals surface area contributed by atoms with Crippen molar-refractivity contribution < 1.29 is 4.79 Å². The van der Waals surface area contributed by atoms with Gasteiger partial charge >= 0.3 is 0 Å². The average Bonchev–Trinajstić information content (AvgIpc) is 2.75. The maximum Gasteiger partial charge on any atom is 0.256 e. The lowest BCUT2D eigenvalue weighted by atomic mass is 10.2. The Balaban J connectivity index is 2.27. The fourth-order valence-corrected chi connectivity index (χ4v) is 2.62. The van der Waals surface area contributed by atoms with E-state index in [4.69, 9.17) is 23.2 Å². The molecule has 22 heavy (non-hydrogen) atoms. The van der Waals surface area contributed by atoms with Crippen LogP contribution in [-0.2, 0) is 6.54 Å². The van der Waals surface area contributed by atoms with E-state index < -0.39 is 0 Å². The number of nitrogens with zero attached hydrogens (tertiary/aromatic N) is 2. The highest BCUT2D eigenvalue weighted by atomic mass is 35.5. The summed E-state index contributed by atoms with van der Waals surface area (Å²) in [6.45, 7) is 6.17. The number of hydrogen-bond acceptors (Lipinski definition) is 2. The molecule has 1 aromatic heterocycles. The number of benzene rings is 1. The van der Waals surface area contributed by atoms with Gasteiger partial charge in [-0.3, -0.25) is 4.79 Å². The van der Waals surface area contributed by atoms with Crippen molar-refractivity contribution in [3.8, 4) is 0 Å². The molecule has 2 aromatic rings. The normalized spacial score (nSPS) is 12.2. The third kappa shape index (κ3) is 3.62.